The zero-order chi connectivity index (χ0) is 19.2. The van der Waals surface area contributed by atoms with E-state index >= 15 is 0 Å². The van der Waals surface area contributed by atoms with Gasteiger partial charge < -0.3 is 4.74 Å². The number of ether oxygens (including phenoxy) is 1. The van der Waals surface area contributed by atoms with Crippen LogP contribution in [-0.4, -0.2) is 25.0 Å². The van der Waals surface area contributed by atoms with Crippen molar-refractivity contribution in [3.63, 3.8) is 0 Å². The van der Waals surface area contributed by atoms with Crippen LogP contribution in [0.15, 0.2) is 48.5 Å². The fraction of sp³-hybridized carbons (Fsp3) is 0.263. The predicted octanol–water partition coefficient (Wildman–Crippen LogP) is 1.97. The highest BCUT2D eigenvalue weighted by Gasteiger charge is 2.34. The summed E-state index contributed by atoms with van der Waals surface area (Å²) in [5.41, 5.74) is 12.4. The average molecular weight is 389 g/mol. The van der Waals surface area contributed by atoms with E-state index in [-0.39, 0.29) is 17.9 Å². The van der Waals surface area contributed by atoms with Gasteiger partial charge in [-0.15, -0.1) is 0 Å². The number of amides is 2. The minimum absolute atomic E-state index is 0.218. The van der Waals surface area contributed by atoms with E-state index < -0.39 is 5.91 Å². The van der Waals surface area contributed by atoms with E-state index in [2.05, 4.69) is 21.7 Å². The van der Waals surface area contributed by atoms with Crippen LogP contribution in [-0.2, 0) is 4.79 Å². The summed E-state index contributed by atoms with van der Waals surface area (Å²) in [4.78, 5) is 24.7. The Kier molecular flexibility index (Phi) is 6.28. The average Bonchev–Trinajstić information content (AvgIpc) is 3.17. The third-order valence-corrected chi connectivity index (χ3v) is 4.53. The number of halogens is 1. The minimum atomic E-state index is -0.395. The zero-order valence-electron chi connectivity index (χ0n) is 14.8. The van der Waals surface area contributed by atoms with Crippen LogP contribution in [0, 0.1) is 5.92 Å². The minimum Gasteiger partial charge on any atom is -0.494 e. The molecule has 1 aliphatic rings. The lowest BCUT2D eigenvalue weighted by Crippen LogP contribution is -2.46. The van der Waals surface area contributed by atoms with Gasteiger partial charge in [0.2, 0.25) is 5.91 Å². The molecular weight excluding hydrogens is 368 g/mol. The second-order valence-electron chi connectivity index (χ2n) is 6.06. The van der Waals surface area contributed by atoms with Crippen LogP contribution >= 0.6 is 11.6 Å². The van der Waals surface area contributed by atoms with Gasteiger partial charge in [0.15, 0.2) is 0 Å². The van der Waals surface area contributed by atoms with E-state index in [0.717, 1.165) is 5.56 Å². The van der Waals surface area contributed by atoms with Gasteiger partial charge in [0.25, 0.3) is 5.91 Å². The van der Waals surface area contributed by atoms with Crippen molar-refractivity contribution in [3.8, 4) is 5.75 Å². The molecule has 8 heteroatoms. The lowest BCUT2D eigenvalue weighted by atomic mass is 9.94. The number of hydrogen-bond acceptors (Lipinski definition) is 5. The standard InChI is InChI=1S/C19H21ClN4O3/c1-2-27-15-9-5-13(6-10-15)18(25)23-24-19(26)16-11-21-22-17(16)12-3-7-14(20)8-4-12/h3-10,16-17,21-22H,2,11H2,1H3,(H,23,25)(H,24,26). The molecular formula is C19H21ClN4O3. The number of benzene rings is 2. The topological polar surface area (TPSA) is 91.5 Å². The molecule has 2 atom stereocenters. The molecule has 7 nitrogen and oxygen atoms in total. The first-order valence-electron chi connectivity index (χ1n) is 8.65. The molecule has 2 amide bonds. The summed E-state index contributed by atoms with van der Waals surface area (Å²) in [6.07, 6.45) is 0. The Balaban J connectivity index is 1.57. The molecule has 2 aromatic carbocycles. The van der Waals surface area contributed by atoms with E-state index in [1.165, 1.54) is 0 Å². The Labute approximate surface area is 162 Å². The van der Waals surface area contributed by atoms with Gasteiger partial charge in [-0.25, -0.2) is 5.43 Å². The van der Waals surface area contributed by atoms with Crippen LogP contribution in [0.1, 0.15) is 28.9 Å². The van der Waals surface area contributed by atoms with Crippen molar-refractivity contribution in [3.05, 3.63) is 64.7 Å². The summed E-state index contributed by atoms with van der Waals surface area (Å²) >= 11 is 5.92. The van der Waals surface area contributed by atoms with Crippen LogP contribution in [0.4, 0.5) is 0 Å². The van der Waals surface area contributed by atoms with Crippen LogP contribution in [0.2, 0.25) is 5.02 Å². The molecule has 0 aliphatic carbocycles. The quantitative estimate of drug-likeness (QED) is 0.588. The highest BCUT2D eigenvalue weighted by Crippen LogP contribution is 2.26. The number of hydrazine groups is 2. The van der Waals surface area contributed by atoms with Crippen molar-refractivity contribution < 1.29 is 14.3 Å². The third-order valence-electron chi connectivity index (χ3n) is 4.27. The van der Waals surface area contributed by atoms with E-state index in [1.807, 2.05) is 19.1 Å². The largest absolute Gasteiger partial charge is 0.494 e. The second-order valence-corrected chi connectivity index (χ2v) is 6.50. The van der Waals surface area contributed by atoms with Gasteiger partial charge in [0, 0.05) is 17.1 Å². The maximum absolute atomic E-state index is 12.5. The molecule has 0 bridgehead atoms. The summed E-state index contributed by atoms with van der Waals surface area (Å²) in [5.74, 6) is -0.376. The van der Waals surface area contributed by atoms with Crippen LogP contribution in [0.3, 0.4) is 0 Å². The van der Waals surface area contributed by atoms with Gasteiger partial charge in [-0.2, -0.15) is 0 Å². The number of rotatable bonds is 5. The summed E-state index contributed by atoms with van der Waals surface area (Å²) < 4.78 is 5.34. The molecule has 1 aliphatic heterocycles. The van der Waals surface area contributed by atoms with Gasteiger partial charge >= 0.3 is 0 Å². The summed E-state index contributed by atoms with van der Waals surface area (Å²) in [6, 6.07) is 13.8. The normalized spacial score (nSPS) is 18.7. The van der Waals surface area contributed by atoms with Crippen molar-refractivity contribution in [2.45, 2.75) is 13.0 Å². The molecule has 4 N–H and O–H groups in total. The monoisotopic (exact) mass is 388 g/mol. The first-order chi connectivity index (χ1) is 13.1. The Morgan fingerprint density at radius 1 is 1.11 bits per heavy atom. The fourth-order valence-electron chi connectivity index (χ4n) is 2.88. The third kappa shape index (κ3) is 4.77. The maximum Gasteiger partial charge on any atom is 0.269 e. The Morgan fingerprint density at radius 3 is 2.48 bits per heavy atom. The molecule has 142 valence electrons. The predicted molar refractivity (Wildman–Crippen MR) is 102 cm³/mol. The summed E-state index contributed by atoms with van der Waals surface area (Å²) in [6.45, 7) is 2.89. The van der Waals surface area contributed by atoms with Crippen molar-refractivity contribution in [2.24, 2.45) is 5.92 Å². The van der Waals surface area contributed by atoms with Gasteiger partial charge in [-0.05, 0) is 48.9 Å². The Hall–Kier alpha value is -2.61. The van der Waals surface area contributed by atoms with Gasteiger partial charge in [-0.1, -0.05) is 23.7 Å². The molecule has 0 aromatic heterocycles. The lowest BCUT2D eigenvalue weighted by molar-refractivity contribution is -0.125. The lowest BCUT2D eigenvalue weighted by Gasteiger charge is -2.18. The molecule has 1 saturated heterocycles. The number of hydrogen-bond donors (Lipinski definition) is 4. The Bertz CT molecular complexity index is 796. The molecule has 0 spiro atoms. The van der Waals surface area contributed by atoms with E-state index in [1.54, 1.807) is 36.4 Å². The van der Waals surface area contributed by atoms with Gasteiger partial charge in [0.1, 0.15) is 5.75 Å². The van der Waals surface area contributed by atoms with Gasteiger partial charge in [0.05, 0.1) is 18.6 Å². The van der Waals surface area contributed by atoms with E-state index in [0.29, 0.717) is 29.5 Å². The maximum atomic E-state index is 12.5. The molecule has 0 radical (unpaired) electrons. The molecule has 1 heterocycles. The fourth-order valence-corrected chi connectivity index (χ4v) is 3.01. The van der Waals surface area contributed by atoms with Crippen LogP contribution in [0.5, 0.6) is 5.75 Å². The SMILES string of the molecule is CCOc1ccc(C(=O)NNC(=O)C2CNNC2c2ccc(Cl)cc2)cc1. The highest BCUT2D eigenvalue weighted by atomic mass is 35.5. The summed E-state index contributed by atoms with van der Waals surface area (Å²) in [7, 11) is 0. The second kappa shape index (κ2) is 8.85. The first-order valence-corrected chi connectivity index (χ1v) is 9.03. The molecule has 27 heavy (non-hydrogen) atoms. The van der Waals surface area contributed by atoms with Crippen molar-refractivity contribution in [2.75, 3.05) is 13.2 Å². The Morgan fingerprint density at radius 2 is 1.81 bits per heavy atom. The molecule has 2 aromatic rings. The highest BCUT2D eigenvalue weighted by molar-refractivity contribution is 6.30. The van der Waals surface area contributed by atoms with Crippen molar-refractivity contribution >= 4 is 23.4 Å². The van der Waals surface area contributed by atoms with Crippen LogP contribution < -0.4 is 26.4 Å². The summed E-state index contributed by atoms with van der Waals surface area (Å²) in [5, 5.41) is 0.633. The molecule has 1 fully saturated rings. The number of carbonyl (C=O) groups is 2. The number of nitrogens with one attached hydrogen (secondary N) is 4. The first kappa shape index (κ1) is 19.2. The van der Waals surface area contributed by atoms with E-state index in [4.69, 9.17) is 16.3 Å². The van der Waals surface area contributed by atoms with Crippen molar-refractivity contribution in [1.82, 2.24) is 21.7 Å². The smallest absolute Gasteiger partial charge is 0.269 e. The zero-order valence-corrected chi connectivity index (χ0v) is 15.5. The van der Waals surface area contributed by atoms with Gasteiger partial charge in [-0.3, -0.25) is 25.9 Å². The van der Waals surface area contributed by atoms with E-state index in [9.17, 15) is 9.59 Å². The number of carbonyl (C=O) groups excluding carboxylic acids is 2. The molecule has 2 unspecified atom stereocenters. The van der Waals surface area contributed by atoms with Crippen LogP contribution in [0.25, 0.3) is 0 Å². The molecule has 3 rings (SSSR count). The molecule has 0 saturated carbocycles. The van der Waals surface area contributed by atoms with Crippen molar-refractivity contribution in [1.29, 1.82) is 0 Å².